The lowest BCUT2D eigenvalue weighted by atomic mass is 10.1. The fourth-order valence-corrected chi connectivity index (χ4v) is 5.58. The lowest BCUT2D eigenvalue weighted by Crippen LogP contribution is -2.37. The van der Waals surface area contributed by atoms with Crippen LogP contribution in [0.4, 0.5) is 17.1 Å². The monoisotopic (exact) mass is 696 g/mol. The smallest absolute Gasteiger partial charge is 0.255 e. The Morgan fingerprint density at radius 2 is 1.65 bits per heavy atom. The van der Waals surface area contributed by atoms with Crippen LogP contribution in [0.5, 0.6) is 5.75 Å². The number of aryl methyl sites for hydroxylation is 1. The number of nitrogens with one attached hydrogen (secondary N) is 2. The SMILES string of the molecule is Cc1cc(N(C)C)c2cccc(OCc3c(Cl)ccc(N(C)C(=O)CNC(=O)C=Cc4ccc(C(=O)Nc5ccncc5)cc4)c3Cl)c2n1. The first-order chi connectivity index (χ1) is 23.5. The summed E-state index contributed by atoms with van der Waals surface area (Å²) in [5.74, 6) is -0.552. The Kier molecular flexibility index (Phi) is 11.1. The second kappa shape index (κ2) is 15.6. The maximum absolute atomic E-state index is 13.1. The van der Waals surface area contributed by atoms with E-state index in [-0.39, 0.29) is 24.1 Å². The van der Waals surface area contributed by atoms with Crippen LogP contribution in [0.15, 0.2) is 91.3 Å². The minimum Gasteiger partial charge on any atom is -0.487 e. The first-order valence-corrected chi connectivity index (χ1v) is 16.0. The normalized spacial score (nSPS) is 11.0. The van der Waals surface area contributed by atoms with Crippen LogP contribution in [0.25, 0.3) is 17.0 Å². The van der Waals surface area contributed by atoms with Gasteiger partial charge in [0.05, 0.1) is 17.3 Å². The van der Waals surface area contributed by atoms with Crippen LogP contribution in [0.3, 0.4) is 0 Å². The summed E-state index contributed by atoms with van der Waals surface area (Å²) in [5.41, 5.74) is 5.30. The van der Waals surface area contributed by atoms with Gasteiger partial charge in [-0.15, -0.1) is 0 Å². The van der Waals surface area contributed by atoms with Crippen molar-refractivity contribution in [2.75, 3.05) is 42.8 Å². The van der Waals surface area contributed by atoms with Gasteiger partial charge >= 0.3 is 0 Å². The zero-order valence-corrected chi connectivity index (χ0v) is 28.8. The Morgan fingerprint density at radius 3 is 2.37 bits per heavy atom. The molecule has 10 nitrogen and oxygen atoms in total. The summed E-state index contributed by atoms with van der Waals surface area (Å²) >= 11 is 13.3. The number of hydrogen-bond donors (Lipinski definition) is 2. The molecular weight excluding hydrogens is 663 g/mol. The highest BCUT2D eigenvalue weighted by Crippen LogP contribution is 2.36. The number of ether oxygens (including phenoxy) is 1. The summed E-state index contributed by atoms with van der Waals surface area (Å²) in [4.78, 5) is 50.0. The lowest BCUT2D eigenvalue weighted by molar-refractivity contribution is -0.122. The van der Waals surface area contributed by atoms with Crippen LogP contribution < -0.4 is 25.2 Å². The Hall–Kier alpha value is -5.45. The summed E-state index contributed by atoms with van der Waals surface area (Å²) < 4.78 is 6.20. The van der Waals surface area contributed by atoms with E-state index in [1.807, 2.05) is 50.2 Å². The second-order valence-corrected chi connectivity index (χ2v) is 12.1. The molecule has 49 heavy (non-hydrogen) atoms. The van der Waals surface area contributed by atoms with Crippen molar-refractivity contribution in [3.63, 3.8) is 0 Å². The van der Waals surface area contributed by atoms with Gasteiger partial charge in [-0.05, 0) is 67.1 Å². The summed E-state index contributed by atoms with van der Waals surface area (Å²) in [6.07, 6.45) is 6.08. The largest absolute Gasteiger partial charge is 0.487 e. The molecule has 12 heteroatoms. The quantitative estimate of drug-likeness (QED) is 0.144. The van der Waals surface area contributed by atoms with Crippen molar-refractivity contribution in [3.8, 4) is 5.75 Å². The molecule has 0 saturated carbocycles. The molecule has 0 saturated heterocycles. The standard InChI is InChI=1S/C37H34Cl2N6O4/c1-23-20-31(44(2)3)27-6-5-7-32(36(27)42-23)49-22-28-29(38)13-14-30(35(28)39)45(4)34(47)21-41-33(46)15-10-24-8-11-25(12-9-24)37(48)43-26-16-18-40-19-17-26/h5-20H,21-22H2,1-4H3,(H,41,46)(H,40,43,48). The zero-order valence-electron chi connectivity index (χ0n) is 27.3. The summed E-state index contributed by atoms with van der Waals surface area (Å²) in [6, 6.07) is 21.2. The van der Waals surface area contributed by atoms with Gasteiger partial charge in [-0.2, -0.15) is 0 Å². The number of anilines is 3. The lowest BCUT2D eigenvalue weighted by Gasteiger charge is -2.21. The van der Waals surface area contributed by atoms with E-state index in [0.29, 0.717) is 44.4 Å². The average molecular weight is 698 g/mol. The van der Waals surface area contributed by atoms with Gasteiger partial charge in [0.1, 0.15) is 17.9 Å². The molecule has 0 fully saturated rings. The van der Waals surface area contributed by atoms with Crippen molar-refractivity contribution in [1.82, 2.24) is 15.3 Å². The molecule has 0 atom stereocenters. The van der Waals surface area contributed by atoms with E-state index in [0.717, 1.165) is 16.8 Å². The summed E-state index contributed by atoms with van der Waals surface area (Å²) in [6.45, 7) is 1.70. The number of aromatic nitrogens is 2. The van der Waals surface area contributed by atoms with Gasteiger partial charge in [-0.25, -0.2) is 4.98 Å². The number of hydrogen-bond acceptors (Lipinski definition) is 7. The number of amides is 3. The molecule has 2 aromatic heterocycles. The number of benzene rings is 3. The topological polar surface area (TPSA) is 117 Å². The molecule has 5 rings (SSSR count). The number of nitrogens with zero attached hydrogens (tertiary/aromatic N) is 4. The molecule has 2 heterocycles. The number of likely N-dealkylation sites (N-methyl/N-ethyl adjacent to an activating group) is 1. The zero-order chi connectivity index (χ0) is 35.1. The highest BCUT2D eigenvalue weighted by Gasteiger charge is 2.20. The van der Waals surface area contributed by atoms with E-state index >= 15 is 0 Å². The number of carbonyl (C=O) groups is 3. The van der Waals surface area contributed by atoms with Crippen LogP contribution in [-0.4, -0.2) is 55.4 Å². The van der Waals surface area contributed by atoms with Crippen molar-refractivity contribution in [2.45, 2.75) is 13.5 Å². The minimum atomic E-state index is -0.464. The number of halogens is 2. The second-order valence-electron chi connectivity index (χ2n) is 11.3. The van der Waals surface area contributed by atoms with Gasteiger partial charge in [0.2, 0.25) is 11.8 Å². The molecule has 0 spiro atoms. The van der Waals surface area contributed by atoms with Gasteiger partial charge in [0, 0.05) is 78.2 Å². The van der Waals surface area contributed by atoms with Crippen molar-refractivity contribution in [2.24, 2.45) is 0 Å². The van der Waals surface area contributed by atoms with E-state index in [9.17, 15) is 14.4 Å². The molecule has 0 aliphatic carbocycles. The fraction of sp³-hybridized carbons (Fsp3) is 0.162. The average Bonchev–Trinajstić information content (AvgIpc) is 3.09. The van der Waals surface area contributed by atoms with Crippen LogP contribution in [0, 0.1) is 6.92 Å². The molecule has 0 aliphatic rings. The van der Waals surface area contributed by atoms with Crippen molar-refractivity contribution >= 4 is 75.0 Å². The highest BCUT2D eigenvalue weighted by molar-refractivity contribution is 6.38. The maximum Gasteiger partial charge on any atom is 0.255 e. The molecule has 3 aromatic carbocycles. The molecule has 250 valence electrons. The Labute approximate surface area is 294 Å². The van der Waals surface area contributed by atoms with E-state index in [4.69, 9.17) is 32.9 Å². The molecule has 0 aliphatic heterocycles. The summed E-state index contributed by atoms with van der Waals surface area (Å²) in [5, 5.41) is 6.97. The summed E-state index contributed by atoms with van der Waals surface area (Å²) in [7, 11) is 5.52. The highest BCUT2D eigenvalue weighted by atomic mass is 35.5. The number of para-hydroxylation sites is 1. The molecule has 0 unspecified atom stereocenters. The van der Waals surface area contributed by atoms with Crippen molar-refractivity contribution < 1.29 is 19.1 Å². The molecule has 5 aromatic rings. The van der Waals surface area contributed by atoms with Crippen molar-refractivity contribution in [1.29, 1.82) is 0 Å². The van der Waals surface area contributed by atoms with E-state index < -0.39 is 11.8 Å². The third-order valence-corrected chi connectivity index (χ3v) is 8.39. The van der Waals surface area contributed by atoms with Crippen LogP contribution in [-0.2, 0) is 16.2 Å². The number of fused-ring (bicyclic) bond motifs is 1. The van der Waals surface area contributed by atoms with Gasteiger partial charge in [0.15, 0.2) is 0 Å². The third kappa shape index (κ3) is 8.53. The van der Waals surface area contributed by atoms with Gasteiger partial charge in [-0.1, -0.05) is 47.5 Å². The predicted molar refractivity (Wildman–Crippen MR) is 196 cm³/mol. The van der Waals surface area contributed by atoms with Crippen LogP contribution >= 0.6 is 23.2 Å². The number of rotatable bonds is 11. The van der Waals surface area contributed by atoms with E-state index in [1.54, 1.807) is 74.0 Å². The first-order valence-electron chi connectivity index (χ1n) is 15.2. The molecule has 0 radical (unpaired) electrons. The van der Waals surface area contributed by atoms with E-state index in [1.165, 1.54) is 11.0 Å². The van der Waals surface area contributed by atoms with Gasteiger partial charge in [-0.3, -0.25) is 19.4 Å². The number of carbonyl (C=O) groups excluding carboxylic acids is 3. The Morgan fingerprint density at radius 1 is 0.918 bits per heavy atom. The van der Waals surface area contributed by atoms with Crippen LogP contribution in [0.1, 0.15) is 27.2 Å². The molecule has 3 amide bonds. The van der Waals surface area contributed by atoms with Gasteiger partial charge in [0.25, 0.3) is 5.91 Å². The predicted octanol–water partition coefficient (Wildman–Crippen LogP) is 6.93. The van der Waals surface area contributed by atoms with Crippen molar-refractivity contribution in [3.05, 3.63) is 124 Å². The molecule has 2 N–H and O–H groups in total. The molecule has 0 bridgehead atoms. The van der Waals surface area contributed by atoms with Crippen LogP contribution in [0.2, 0.25) is 10.0 Å². The first kappa shape index (κ1) is 34.9. The Bertz CT molecular complexity index is 2040. The fourth-order valence-electron chi connectivity index (χ4n) is 4.97. The van der Waals surface area contributed by atoms with E-state index in [2.05, 4.69) is 15.6 Å². The minimum absolute atomic E-state index is 0.0392. The number of pyridine rings is 2. The molecular formula is C37H34Cl2N6O4. The maximum atomic E-state index is 13.1. The Balaban J connectivity index is 1.19. The third-order valence-electron chi connectivity index (χ3n) is 7.62. The van der Waals surface area contributed by atoms with Gasteiger partial charge < -0.3 is 25.2 Å².